The molecule has 2 N–H and O–H groups in total. The summed E-state index contributed by atoms with van der Waals surface area (Å²) < 4.78 is 8.33. The topological polar surface area (TPSA) is 89.5 Å². The molecule has 7 rings (SSSR count). The summed E-state index contributed by atoms with van der Waals surface area (Å²) in [6.45, 7) is 2.92. The maximum absolute atomic E-state index is 12.1. The first kappa shape index (κ1) is 24.2. The summed E-state index contributed by atoms with van der Waals surface area (Å²) in [7, 11) is 0. The van der Waals surface area contributed by atoms with Crippen LogP contribution < -0.4 is 10.5 Å². The van der Waals surface area contributed by atoms with Crippen LogP contribution in [0.3, 0.4) is 0 Å². The minimum absolute atomic E-state index is 0.346. The Kier molecular flexibility index (Phi) is 6.19. The molecule has 0 radical (unpaired) electrons. The second-order valence-corrected chi connectivity index (χ2v) is 11.1. The average Bonchev–Trinajstić information content (AvgIpc) is 3.55. The van der Waals surface area contributed by atoms with Crippen molar-refractivity contribution >= 4 is 22.8 Å². The minimum atomic E-state index is 0.346. The van der Waals surface area contributed by atoms with E-state index < -0.39 is 0 Å². The number of aromatic nitrogens is 3. The Labute approximate surface area is 228 Å². The van der Waals surface area contributed by atoms with Gasteiger partial charge in [-0.25, -0.2) is 9.97 Å². The Morgan fingerprint density at radius 3 is 2.36 bits per heavy atom. The molecule has 1 unspecified atom stereocenters. The van der Waals surface area contributed by atoms with E-state index in [9.17, 15) is 4.79 Å². The second-order valence-electron chi connectivity index (χ2n) is 11.1. The Morgan fingerprint density at radius 1 is 0.821 bits per heavy atom. The normalized spacial score (nSPS) is 23.7. The predicted molar refractivity (Wildman–Crippen MR) is 151 cm³/mol. The zero-order valence-corrected chi connectivity index (χ0v) is 22.1. The molecule has 4 heterocycles. The highest BCUT2D eigenvalue weighted by Crippen LogP contribution is 2.40. The van der Waals surface area contributed by atoms with Gasteiger partial charge in [0.15, 0.2) is 0 Å². The standard InChI is InChI=1S/C31H34N6O2/c32-30-29-27(21-6-13-26(14-7-21)39-25-4-2-1-3-5-25)19-37(31(29)34-20-33-30)23-10-8-22(9-11-23)35-16-17-36-24(18-35)12-15-28(36)38/h1-7,13-14,19-20,22-24H,8-12,15-18H2,(H2,32,33,34)/t22-,23+,24?. The SMILES string of the molecule is Nc1ncnc2c1c(-c1ccc(Oc3ccccc3)cc1)cn2[C@H]1CC[C@@H](N2CCN3C(=O)CCC3C2)CC1. The number of nitrogen functional groups attached to an aromatic ring is 1. The molecular weight excluding hydrogens is 488 g/mol. The number of fused-ring (bicyclic) bond motifs is 2. The first-order valence-corrected chi connectivity index (χ1v) is 14.1. The molecule has 2 aliphatic heterocycles. The van der Waals surface area contributed by atoms with Crippen LogP contribution in [0.5, 0.6) is 11.5 Å². The van der Waals surface area contributed by atoms with Gasteiger partial charge in [-0.3, -0.25) is 9.69 Å². The summed E-state index contributed by atoms with van der Waals surface area (Å²) in [5.74, 6) is 2.46. The molecule has 1 atom stereocenters. The van der Waals surface area contributed by atoms with Crippen molar-refractivity contribution in [3.63, 3.8) is 0 Å². The van der Waals surface area contributed by atoms with E-state index in [2.05, 4.69) is 42.7 Å². The van der Waals surface area contributed by atoms with Gasteiger partial charge >= 0.3 is 0 Å². The molecule has 39 heavy (non-hydrogen) atoms. The van der Waals surface area contributed by atoms with Gasteiger partial charge in [-0.1, -0.05) is 30.3 Å². The molecule has 8 heteroatoms. The van der Waals surface area contributed by atoms with Crippen molar-refractivity contribution in [2.45, 2.75) is 56.7 Å². The summed E-state index contributed by atoms with van der Waals surface area (Å²) in [4.78, 5) is 25.9. The van der Waals surface area contributed by atoms with Crippen LogP contribution in [0.4, 0.5) is 5.82 Å². The monoisotopic (exact) mass is 522 g/mol. The molecule has 0 bridgehead atoms. The van der Waals surface area contributed by atoms with Gasteiger partial charge in [0.2, 0.25) is 5.91 Å². The van der Waals surface area contributed by atoms with Crippen LogP contribution in [0.2, 0.25) is 0 Å². The zero-order chi connectivity index (χ0) is 26.3. The van der Waals surface area contributed by atoms with E-state index in [0.29, 0.717) is 29.9 Å². The molecule has 2 aromatic carbocycles. The molecule has 2 aromatic heterocycles. The molecule has 1 saturated carbocycles. The van der Waals surface area contributed by atoms with E-state index in [1.165, 1.54) is 0 Å². The highest BCUT2D eigenvalue weighted by atomic mass is 16.5. The first-order valence-electron chi connectivity index (χ1n) is 14.1. The van der Waals surface area contributed by atoms with Crippen molar-refractivity contribution in [1.82, 2.24) is 24.3 Å². The van der Waals surface area contributed by atoms with Crippen LogP contribution in [0.25, 0.3) is 22.2 Å². The quantitative estimate of drug-likeness (QED) is 0.384. The fourth-order valence-corrected chi connectivity index (χ4v) is 6.85. The number of ether oxygens (including phenoxy) is 1. The lowest BCUT2D eigenvalue weighted by Gasteiger charge is -2.44. The van der Waals surface area contributed by atoms with E-state index in [0.717, 1.165) is 91.8 Å². The molecule has 1 amide bonds. The van der Waals surface area contributed by atoms with Crippen molar-refractivity contribution in [3.8, 4) is 22.6 Å². The number of piperazine rings is 1. The highest BCUT2D eigenvalue weighted by molar-refractivity contribution is 6.00. The Morgan fingerprint density at radius 2 is 1.56 bits per heavy atom. The number of nitrogens with two attached hydrogens (primary N) is 1. The van der Waals surface area contributed by atoms with Gasteiger partial charge in [0.05, 0.1) is 5.39 Å². The number of rotatable bonds is 5. The maximum atomic E-state index is 12.1. The number of nitrogens with zero attached hydrogens (tertiary/aromatic N) is 5. The summed E-state index contributed by atoms with van der Waals surface area (Å²) >= 11 is 0. The van der Waals surface area contributed by atoms with Crippen LogP contribution in [0.1, 0.15) is 44.6 Å². The van der Waals surface area contributed by atoms with Gasteiger partial charge in [-0.15, -0.1) is 0 Å². The van der Waals surface area contributed by atoms with E-state index in [-0.39, 0.29) is 0 Å². The number of hydrogen-bond donors (Lipinski definition) is 1. The average molecular weight is 523 g/mol. The molecule has 4 aromatic rings. The number of carbonyl (C=O) groups is 1. The van der Waals surface area contributed by atoms with Crippen LogP contribution in [-0.2, 0) is 4.79 Å². The fourth-order valence-electron chi connectivity index (χ4n) is 6.85. The Hall–Kier alpha value is -3.91. The van der Waals surface area contributed by atoms with Crippen LogP contribution in [0.15, 0.2) is 67.1 Å². The zero-order valence-electron chi connectivity index (χ0n) is 22.1. The summed E-state index contributed by atoms with van der Waals surface area (Å²) in [6, 6.07) is 19.3. The number of para-hydroxylation sites is 1. The smallest absolute Gasteiger partial charge is 0.222 e. The molecule has 2 saturated heterocycles. The number of amides is 1. The second kappa shape index (κ2) is 10.0. The number of hydrogen-bond acceptors (Lipinski definition) is 6. The maximum Gasteiger partial charge on any atom is 0.222 e. The van der Waals surface area contributed by atoms with E-state index >= 15 is 0 Å². The summed E-state index contributed by atoms with van der Waals surface area (Å²) in [5, 5.41) is 0.915. The van der Waals surface area contributed by atoms with Crippen LogP contribution in [0, 0.1) is 0 Å². The highest BCUT2D eigenvalue weighted by Gasteiger charge is 2.38. The van der Waals surface area contributed by atoms with Crippen molar-refractivity contribution in [2.24, 2.45) is 0 Å². The van der Waals surface area contributed by atoms with Crippen molar-refractivity contribution in [2.75, 3.05) is 25.4 Å². The molecule has 0 spiro atoms. The van der Waals surface area contributed by atoms with Gasteiger partial charge in [0, 0.05) is 55.9 Å². The number of benzene rings is 2. The third-order valence-corrected chi connectivity index (χ3v) is 8.88. The molecule has 8 nitrogen and oxygen atoms in total. The molecular formula is C31H34N6O2. The van der Waals surface area contributed by atoms with E-state index in [1.807, 2.05) is 42.5 Å². The van der Waals surface area contributed by atoms with Gasteiger partial charge in [-0.05, 0) is 61.9 Å². The predicted octanol–water partition coefficient (Wildman–Crippen LogP) is 5.26. The van der Waals surface area contributed by atoms with Gasteiger partial charge in [-0.2, -0.15) is 0 Å². The lowest BCUT2D eigenvalue weighted by atomic mass is 9.89. The van der Waals surface area contributed by atoms with Crippen LogP contribution >= 0.6 is 0 Å². The Bertz CT molecular complexity index is 1480. The van der Waals surface area contributed by atoms with Gasteiger partial charge in [0.25, 0.3) is 0 Å². The molecule has 200 valence electrons. The van der Waals surface area contributed by atoms with Crippen molar-refractivity contribution in [1.29, 1.82) is 0 Å². The van der Waals surface area contributed by atoms with E-state index in [4.69, 9.17) is 10.5 Å². The summed E-state index contributed by atoms with van der Waals surface area (Å²) in [6.07, 6.45) is 10.1. The van der Waals surface area contributed by atoms with Crippen molar-refractivity contribution < 1.29 is 9.53 Å². The Balaban J connectivity index is 1.10. The number of carbonyl (C=O) groups excluding carboxylic acids is 1. The lowest BCUT2D eigenvalue weighted by molar-refractivity contribution is -0.131. The molecule has 3 aliphatic rings. The molecule has 1 aliphatic carbocycles. The van der Waals surface area contributed by atoms with E-state index in [1.54, 1.807) is 6.33 Å². The largest absolute Gasteiger partial charge is 0.457 e. The van der Waals surface area contributed by atoms with Gasteiger partial charge < -0.3 is 19.9 Å². The lowest BCUT2D eigenvalue weighted by Crippen LogP contribution is -2.55. The van der Waals surface area contributed by atoms with Crippen molar-refractivity contribution in [3.05, 3.63) is 67.1 Å². The third-order valence-electron chi connectivity index (χ3n) is 8.88. The number of anilines is 1. The fraction of sp³-hybridized carbons (Fsp3) is 0.387. The third kappa shape index (κ3) is 4.52. The molecule has 3 fully saturated rings. The van der Waals surface area contributed by atoms with Gasteiger partial charge in [0.1, 0.15) is 29.3 Å². The minimum Gasteiger partial charge on any atom is -0.457 e. The summed E-state index contributed by atoms with van der Waals surface area (Å²) in [5.41, 5.74) is 9.45. The first-order chi connectivity index (χ1) is 19.1. The van der Waals surface area contributed by atoms with Crippen LogP contribution in [-0.4, -0.2) is 62.0 Å².